The Labute approximate surface area is 103 Å². The number of nitrogens with zero attached hydrogens (tertiary/aromatic N) is 3. The van der Waals surface area contributed by atoms with Gasteiger partial charge in [-0.05, 0) is 12.1 Å². The first-order chi connectivity index (χ1) is 8.66. The average Bonchev–Trinajstić information content (AvgIpc) is 2.94. The zero-order chi connectivity index (χ0) is 13.0. The van der Waals surface area contributed by atoms with Gasteiger partial charge in [-0.2, -0.15) is 0 Å². The lowest BCUT2D eigenvalue weighted by Gasteiger charge is -2.02. The van der Waals surface area contributed by atoms with Gasteiger partial charge in [-0.3, -0.25) is 0 Å². The maximum absolute atomic E-state index is 10.6. The summed E-state index contributed by atoms with van der Waals surface area (Å²) in [6.07, 6.45) is 2.41. The molecule has 0 aliphatic rings. The molecule has 18 heavy (non-hydrogen) atoms. The smallest absolute Gasteiger partial charge is 0.371 e. The second-order valence-corrected chi connectivity index (χ2v) is 3.86. The summed E-state index contributed by atoms with van der Waals surface area (Å²) in [4.78, 5) is 10.6. The van der Waals surface area contributed by atoms with Crippen molar-refractivity contribution in [1.29, 1.82) is 0 Å². The fraction of sp³-hybridized carbons (Fsp3) is 0.364. The summed E-state index contributed by atoms with van der Waals surface area (Å²) < 4.78 is 6.97. The molecule has 2 aromatic rings. The number of hydrogen-bond acceptors (Lipinski definition) is 5. The minimum absolute atomic E-state index is 0.0416. The van der Waals surface area contributed by atoms with Gasteiger partial charge in [-0.15, -0.1) is 10.2 Å². The van der Waals surface area contributed by atoms with E-state index in [0.29, 0.717) is 12.3 Å². The molecule has 2 aromatic heterocycles. The van der Waals surface area contributed by atoms with E-state index in [1.165, 1.54) is 6.07 Å². The minimum atomic E-state index is -1.06. The summed E-state index contributed by atoms with van der Waals surface area (Å²) in [6, 6.07) is 3.10. The van der Waals surface area contributed by atoms with Gasteiger partial charge in [0.05, 0.1) is 6.54 Å². The van der Waals surface area contributed by atoms with Crippen LogP contribution in [0.4, 0.5) is 0 Å². The number of carboxylic acid groups (broad SMARTS) is 1. The van der Waals surface area contributed by atoms with E-state index < -0.39 is 5.97 Å². The van der Waals surface area contributed by atoms with Gasteiger partial charge in [0.15, 0.2) is 0 Å². The van der Waals surface area contributed by atoms with E-state index in [1.807, 2.05) is 11.6 Å². The lowest BCUT2D eigenvalue weighted by atomic mass is 10.3. The molecule has 0 saturated heterocycles. The standard InChI is InChI=1S/C11H14N4O3/c1-15-7-13-14-10(15)4-5-12-6-8-2-3-9(18-8)11(16)17/h2-3,7,12H,4-6H2,1H3,(H,16,17). The first kappa shape index (κ1) is 12.3. The van der Waals surface area contributed by atoms with Crippen molar-refractivity contribution in [3.63, 3.8) is 0 Å². The Morgan fingerprint density at radius 2 is 2.39 bits per heavy atom. The van der Waals surface area contributed by atoms with E-state index in [9.17, 15) is 4.79 Å². The molecular weight excluding hydrogens is 236 g/mol. The van der Waals surface area contributed by atoms with Gasteiger partial charge >= 0.3 is 5.97 Å². The Balaban J connectivity index is 1.75. The molecule has 96 valence electrons. The first-order valence-electron chi connectivity index (χ1n) is 5.52. The van der Waals surface area contributed by atoms with Crippen LogP contribution in [0.2, 0.25) is 0 Å². The molecule has 0 aliphatic carbocycles. The summed E-state index contributed by atoms with van der Waals surface area (Å²) in [5.74, 6) is 0.402. The van der Waals surface area contributed by atoms with Crippen molar-refractivity contribution in [2.45, 2.75) is 13.0 Å². The molecule has 0 unspecified atom stereocenters. The molecule has 0 fully saturated rings. The third-order valence-corrected chi connectivity index (χ3v) is 2.50. The van der Waals surface area contributed by atoms with E-state index in [1.54, 1.807) is 12.4 Å². The van der Waals surface area contributed by atoms with Crippen LogP contribution in [-0.4, -0.2) is 32.4 Å². The number of rotatable bonds is 6. The number of nitrogens with one attached hydrogen (secondary N) is 1. The Morgan fingerprint density at radius 1 is 1.56 bits per heavy atom. The number of carbonyl (C=O) groups is 1. The summed E-state index contributed by atoms with van der Waals surface area (Å²) in [7, 11) is 1.89. The zero-order valence-electron chi connectivity index (χ0n) is 9.96. The van der Waals surface area contributed by atoms with Crippen molar-refractivity contribution >= 4 is 5.97 Å². The lowest BCUT2D eigenvalue weighted by Crippen LogP contribution is -2.17. The van der Waals surface area contributed by atoms with E-state index in [0.717, 1.165) is 18.8 Å². The van der Waals surface area contributed by atoms with Gasteiger partial charge < -0.3 is 19.4 Å². The van der Waals surface area contributed by atoms with Crippen molar-refractivity contribution < 1.29 is 14.3 Å². The van der Waals surface area contributed by atoms with Crippen LogP contribution in [0.3, 0.4) is 0 Å². The van der Waals surface area contributed by atoms with Crippen LogP contribution in [0.15, 0.2) is 22.9 Å². The fourth-order valence-corrected chi connectivity index (χ4v) is 1.53. The minimum Gasteiger partial charge on any atom is -0.475 e. The zero-order valence-corrected chi connectivity index (χ0v) is 9.96. The normalized spacial score (nSPS) is 10.7. The largest absolute Gasteiger partial charge is 0.475 e. The average molecular weight is 250 g/mol. The molecule has 0 aliphatic heterocycles. The van der Waals surface area contributed by atoms with Crippen LogP contribution >= 0.6 is 0 Å². The molecule has 7 nitrogen and oxygen atoms in total. The molecule has 2 rings (SSSR count). The van der Waals surface area contributed by atoms with Crippen molar-refractivity contribution in [3.05, 3.63) is 35.8 Å². The van der Waals surface area contributed by atoms with Crippen LogP contribution in [-0.2, 0) is 20.0 Å². The second kappa shape index (κ2) is 5.46. The first-order valence-corrected chi connectivity index (χ1v) is 5.52. The molecule has 2 heterocycles. The fourth-order valence-electron chi connectivity index (χ4n) is 1.53. The molecular formula is C11H14N4O3. The number of aromatic nitrogens is 3. The number of aryl methyl sites for hydroxylation is 1. The lowest BCUT2D eigenvalue weighted by molar-refractivity contribution is 0.0660. The van der Waals surface area contributed by atoms with Crippen molar-refractivity contribution in [2.24, 2.45) is 7.05 Å². The van der Waals surface area contributed by atoms with Gasteiger partial charge in [0, 0.05) is 20.0 Å². The Bertz CT molecular complexity index is 532. The van der Waals surface area contributed by atoms with Crippen molar-refractivity contribution in [2.75, 3.05) is 6.54 Å². The number of carboxylic acids is 1. The SMILES string of the molecule is Cn1cnnc1CCNCc1ccc(C(=O)O)o1. The quantitative estimate of drug-likeness (QED) is 0.722. The van der Waals surface area contributed by atoms with Gasteiger partial charge in [-0.1, -0.05) is 0 Å². The van der Waals surface area contributed by atoms with Crippen LogP contribution < -0.4 is 5.32 Å². The summed E-state index contributed by atoms with van der Waals surface area (Å²) in [5, 5.41) is 19.6. The highest BCUT2D eigenvalue weighted by molar-refractivity contribution is 5.84. The maximum Gasteiger partial charge on any atom is 0.371 e. The predicted molar refractivity (Wildman–Crippen MR) is 62.1 cm³/mol. The summed E-state index contributed by atoms with van der Waals surface area (Å²) in [6.45, 7) is 1.21. The highest BCUT2D eigenvalue weighted by Gasteiger charge is 2.08. The van der Waals surface area contributed by atoms with Crippen LogP contribution in [0.5, 0.6) is 0 Å². The Hall–Kier alpha value is -2.15. The Kier molecular flexibility index (Phi) is 3.73. The summed E-state index contributed by atoms with van der Waals surface area (Å²) in [5.41, 5.74) is 0. The molecule has 0 amide bonds. The molecule has 0 bridgehead atoms. The van der Waals surface area contributed by atoms with Crippen molar-refractivity contribution in [1.82, 2.24) is 20.1 Å². The molecule has 0 radical (unpaired) electrons. The van der Waals surface area contributed by atoms with Gasteiger partial charge in [-0.25, -0.2) is 4.79 Å². The van der Waals surface area contributed by atoms with Crippen LogP contribution in [0, 0.1) is 0 Å². The topological polar surface area (TPSA) is 93.2 Å². The van der Waals surface area contributed by atoms with E-state index in [-0.39, 0.29) is 5.76 Å². The number of aromatic carboxylic acids is 1. The molecule has 0 saturated carbocycles. The van der Waals surface area contributed by atoms with E-state index in [4.69, 9.17) is 9.52 Å². The van der Waals surface area contributed by atoms with E-state index >= 15 is 0 Å². The van der Waals surface area contributed by atoms with Crippen molar-refractivity contribution in [3.8, 4) is 0 Å². The highest BCUT2D eigenvalue weighted by atomic mass is 16.4. The second-order valence-electron chi connectivity index (χ2n) is 3.86. The predicted octanol–water partition coefficient (Wildman–Crippen LogP) is 0.439. The molecule has 2 N–H and O–H groups in total. The molecule has 0 spiro atoms. The highest BCUT2D eigenvalue weighted by Crippen LogP contribution is 2.07. The van der Waals surface area contributed by atoms with Gasteiger partial charge in [0.25, 0.3) is 0 Å². The van der Waals surface area contributed by atoms with Gasteiger partial charge in [0.1, 0.15) is 17.9 Å². The number of furan rings is 1. The molecule has 7 heteroatoms. The third kappa shape index (κ3) is 2.95. The summed E-state index contributed by atoms with van der Waals surface area (Å²) >= 11 is 0. The van der Waals surface area contributed by atoms with Crippen LogP contribution in [0.25, 0.3) is 0 Å². The number of hydrogen-bond donors (Lipinski definition) is 2. The van der Waals surface area contributed by atoms with Crippen LogP contribution in [0.1, 0.15) is 22.1 Å². The Morgan fingerprint density at radius 3 is 3.00 bits per heavy atom. The molecule has 0 atom stereocenters. The maximum atomic E-state index is 10.6. The monoisotopic (exact) mass is 250 g/mol. The third-order valence-electron chi connectivity index (χ3n) is 2.50. The van der Waals surface area contributed by atoms with E-state index in [2.05, 4.69) is 15.5 Å². The van der Waals surface area contributed by atoms with Gasteiger partial charge in [0.2, 0.25) is 5.76 Å². The molecule has 0 aromatic carbocycles.